The Morgan fingerprint density at radius 2 is 2.18 bits per heavy atom. The summed E-state index contributed by atoms with van der Waals surface area (Å²) in [6, 6.07) is 10.6. The van der Waals surface area contributed by atoms with E-state index in [1.807, 2.05) is 0 Å². The summed E-state index contributed by atoms with van der Waals surface area (Å²) in [6.07, 6.45) is 4.94. The molecule has 0 aliphatic carbocycles. The first-order chi connectivity index (χ1) is 10.9. The van der Waals surface area contributed by atoms with Gasteiger partial charge < -0.3 is 10.1 Å². The van der Waals surface area contributed by atoms with E-state index < -0.39 is 0 Å². The SMILES string of the molecule is c1ccc(CCCSc2nnc(NC[C@H]3CCCO3)s2)cc1. The molecule has 1 aromatic heterocycles. The minimum absolute atomic E-state index is 0.339. The number of benzene rings is 1. The Morgan fingerprint density at radius 3 is 3.00 bits per heavy atom. The standard InChI is InChI=1S/C16H21N3OS2/c1-2-6-13(7-3-1)8-5-11-21-16-19-18-15(22-16)17-12-14-9-4-10-20-14/h1-3,6-7,14H,4-5,8-12H2,(H,17,18)/t14-/m1/s1. The number of aryl methyl sites for hydroxylation is 1. The molecule has 1 N–H and O–H groups in total. The van der Waals surface area contributed by atoms with Crippen LogP contribution in [0.15, 0.2) is 34.7 Å². The highest BCUT2D eigenvalue weighted by Gasteiger charge is 2.15. The molecular weight excluding hydrogens is 314 g/mol. The van der Waals surface area contributed by atoms with Gasteiger partial charge in [0.05, 0.1) is 6.10 Å². The molecule has 1 aliphatic rings. The Kier molecular flexibility index (Phi) is 6.10. The van der Waals surface area contributed by atoms with E-state index in [1.165, 1.54) is 12.0 Å². The van der Waals surface area contributed by atoms with Gasteiger partial charge >= 0.3 is 0 Å². The zero-order chi connectivity index (χ0) is 15.0. The molecule has 0 saturated carbocycles. The van der Waals surface area contributed by atoms with Gasteiger partial charge in [-0.3, -0.25) is 0 Å². The minimum atomic E-state index is 0.339. The van der Waals surface area contributed by atoms with E-state index in [9.17, 15) is 0 Å². The lowest BCUT2D eigenvalue weighted by Crippen LogP contribution is -2.18. The van der Waals surface area contributed by atoms with Gasteiger partial charge in [-0.15, -0.1) is 10.2 Å². The first kappa shape index (κ1) is 15.8. The molecule has 1 aromatic carbocycles. The van der Waals surface area contributed by atoms with Gasteiger partial charge in [0, 0.05) is 18.9 Å². The first-order valence-electron chi connectivity index (χ1n) is 7.76. The fourth-order valence-corrected chi connectivity index (χ4v) is 4.20. The Hall–Kier alpha value is -1.11. The van der Waals surface area contributed by atoms with E-state index >= 15 is 0 Å². The Balaban J connectivity index is 1.34. The zero-order valence-electron chi connectivity index (χ0n) is 12.5. The monoisotopic (exact) mass is 335 g/mol. The molecule has 0 amide bonds. The van der Waals surface area contributed by atoms with Crippen molar-refractivity contribution in [2.24, 2.45) is 0 Å². The molecule has 118 valence electrons. The van der Waals surface area contributed by atoms with Crippen molar-refractivity contribution >= 4 is 28.2 Å². The minimum Gasteiger partial charge on any atom is -0.376 e. The number of aromatic nitrogens is 2. The molecule has 6 heteroatoms. The summed E-state index contributed by atoms with van der Waals surface area (Å²) in [5.74, 6) is 1.08. The van der Waals surface area contributed by atoms with Crippen LogP contribution in [0.1, 0.15) is 24.8 Å². The maximum atomic E-state index is 5.59. The van der Waals surface area contributed by atoms with E-state index in [2.05, 4.69) is 45.8 Å². The fraction of sp³-hybridized carbons (Fsp3) is 0.500. The fourth-order valence-electron chi connectivity index (χ4n) is 2.43. The summed E-state index contributed by atoms with van der Waals surface area (Å²) in [7, 11) is 0. The predicted octanol–water partition coefficient (Wildman–Crippen LogP) is 3.85. The van der Waals surface area contributed by atoms with Gasteiger partial charge in [0.1, 0.15) is 0 Å². The largest absolute Gasteiger partial charge is 0.376 e. The number of anilines is 1. The Labute approximate surface area is 139 Å². The quantitative estimate of drug-likeness (QED) is 0.586. The van der Waals surface area contributed by atoms with Crippen LogP contribution in [0.4, 0.5) is 5.13 Å². The lowest BCUT2D eigenvalue weighted by molar-refractivity contribution is 0.120. The molecule has 0 radical (unpaired) electrons. The van der Waals surface area contributed by atoms with Crippen molar-refractivity contribution in [2.75, 3.05) is 24.2 Å². The van der Waals surface area contributed by atoms with Gasteiger partial charge in [0.2, 0.25) is 5.13 Å². The number of thioether (sulfide) groups is 1. The van der Waals surface area contributed by atoms with Crippen molar-refractivity contribution in [3.05, 3.63) is 35.9 Å². The van der Waals surface area contributed by atoms with Crippen LogP contribution < -0.4 is 5.32 Å². The molecule has 2 heterocycles. The van der Waals surface area contributed by atoms with Crippen molar-refractivity contribution in [1.82, 2.24) is 10.2 Å². The van der Waals surface area contributed by atoms with Crippen molar-refractivity contribution in [2.45, 2.75) is 36.1 Å². The highest BCUT2D eigenvalue weighted by Crippen LogP contribution is 2.26. The second-order valence-electron chi connectivity index (χ2n) is 5.33. The lowest BCUT2D eigenvalue weighted by Gasteiger charge is -2.08. The van der Waals surface area contributed by atoms with Crippen molar-refractivity contribution in [3.8, 4) is 0 Å². The molecule has 2 aromatic rings. The summed E-state index contributed by atoms with van der Waals surface area (Å²) in [5.41, 5.74) is 1.40. The third kappa shape index (κ3) is 4.97. The molecule has 0 spiro atoms. The van der Waals surface area contributed by atoms with Gasteiger partial charge in [-0.05, 0) is 31.2 Å². The van der Waals surface area contributed by atoms with Crippen molar-refractivity contribution in [1.29, 1.82) is 0 Å². The van der Waals surface area contributed by atoms with Crippen LogP contribution in [-0.2, 0) is 11.2 Å². The third-order valence-electron chi connectivity index (χ3n) is 3.59. The van der Waals surface area contributed by atoms with Crippen LogP contribution in [-0.4, -0.2) is 35.2 Å². The van der Waals surface area contributed by atoms with Gasteiger partial charge in [-0.1, -0.05) is 53.4 Å². The summed E-state index contributed by atoms with van der Waals surface area (Å²) < 4.78 is 6.64. The molecule has 1 aliphatic heterocycles. The van der Waals surface area contributed by atoms with Gasteiger partial charge in [-0.2, -0.15) is 0 Å². The first-order valence-corrected chi connectivity index (χ1v) is 9.56. The lowest BCUT2D eigenvalue weighted by atomic mass is 10.1. The molecule has 1 saturated heterocycles. The van der Waals surface area contributed by atoms with Crippen LogP contribution >= 0.6 is 23.1 Å². The molecule has 3 rings (SSSR count). The van der Waals surface area contributed by atoms with Crippen LogP contribution in [0.25, 0.3) is 0 Å². The summed E-state index contributed by atoms with van der Waals surface area (Å²) in [5, 5.41) is 12.7. The molecule has 0 bridgehead atoms. The summed E-state index contributed by atoms with van der Waals surface area (Å²) in [6.45, 7) is 1.73. The number of ether oxygens (including phenoxy) is 1. The Morgan fingerprint density at radius 1 is 1.27 bits per heavy atom. The van der Waals surface area contributed by atoms with Gasteiger partial charge in [0.15, 0.2) is 4.34 Å². The average molecular weight is 335 g/mol. The van der Waals surface area contributed by atoms with Crippen LogP contribution in [0.5, 0.6) is 0 Å². The van der Waals surface area contributed by atoms with Gasteiger partial charge in [-0.25, -0.2) is 0 Å². The van der Waals surface area contributed by atoms with Gasteiger partial charge in [0.25, 0.3) is 0 Å². The summed E-state index contributed by atoms with van der Waals surface area (Å²) in [4.78, 5) is 0. The number of nitrogens with zero attached hydrogens (tertiary/aromatic N) is 2. The van der Waals surface area contributed by atoms with E-state index in [1.54, 1.807) is 23.1 Å². The van der Waals surface area contributed by atoms with E-state index in [4.69, 9.17) is 4.74 Å². The molecule has 4 nitrogen and oxygen atoms in total. The van der Waals surface area contributed by atoms with Crippen LogP contribution in [0.2, 0.25) is 0 Å². The maximum absolute atomic E-state index is 5.59. The second kappa shape index (κ2) is 8.50. The highest BCUT2D eigenvalue weighted by atomic mass is 32.2. The topological polar surface area (TPSA) is 47.0 Å². The zero-order valence-corrected chi connectivity index (χ0v) is 14.2. The number of rotatable bonds is 8. The molecule has 22 heavy (non-hydrogen) atoms. The van der Waals surface area contributed by atoms with Crippen molar-refractivity contribution < 1.29 is 4.74 Å². The normalized spacial score (nSPS) is 17.7. The molecule has 1 atom stereocenters. The van der Waals surface area contributed by atoms with Crippen LogP contribution in [0, 0.1) is 0 Å². The molecule has 0 unspecified atom stereocenters. The Bertz CT molecular complexity index is 556. The van der Waals surface area contributed by atoms with Crippen molar-refractivity contribution in [3.63, 3.8) is 0 Å². The van der Waals surface area contributed by atoms with Crippen LogP contribution in [0.3, 0.4) is 0 Å². The van der Waals surface area contributed by atoms with E-state index in [0.717, 1.165) is 47.6 Å². The highest BCUT2D eigenvalue weighted by molar-refractivity contribution is 8.01. The number of hydrogen-bond acceptors (Lipinski definition) is 6. The van der Waals surface area contributed by atoms with E-state index in [-0.39, 0.29) is 0 Å². The molecule has 1 fully saturated rings. The predicted molar refractivity (Wildman–Crippen MR) is 92.9 cm³/mol. The maximum Gasteiger partial charge on any atom is 0.206 e. The number of nitrogens with one attached hydrogen (secondary N) is 1. The second-order valence-corrected chi connectivity index (χ2v) is 7.65. The van der Waals surface area contributed by atoms with E-state index in [0.29, 0.717) is 6.10 Å². The average Bonchev–Trinajstić information content (AvgIpc) is 3.22. The number of hydrogen-bond donors (Lipinski definition) is 1. The third-order valence-corrected chi connectivity index (χ3v) is 5.69. The molecular formula is C16H21N3OS2. The summed E-state index contributed by atoms with van der Waals surface area (Å²) >= 11 is 3.43. The smallest absolute Gasteiger partial charge is 0.206 e.